The average molecular weight is 439 g/mol. The third kappa shape index (κ3) is 3.94. The summed E-state index contributed by atoms with van der Waals surface area (Å²) < 4.78 is 8.80. The third-order valence-electron chi connectivity index (χ3n) is 5.54. The third-order valence-corrected chi connectivity index (χ3v) is 5.79. The number of rotatable bonds is 4. The van der Waals surface area contributed by atoms with Gasteiger partial charge in [-0.1, -0.05) is 23.7 Å². The Morgan fingerprint density at radius 2 is 1.77 bits per heavy atom. The lowest BCUT2D eigenvalue weighted by atomic mass is 10.1. The highest BCUT2D eigenvalue weighted by Gasteiger charge is 2.23. The van der Waals surface area contributed by atoms with Crippen molar-refractivity contribution in [1.29, 1.82) is 0 Å². The van der Waals surface area contributed by atoms with E-state index < -0.39 is 0 Å². The van der Waals surface area contributed by atoms with Crippen LogP contribution >= 0.6 is 11.6 Å². The first-order valence-corrected chi connectivity index (χ1v) is 10.7. The van der Waals surface area contributed by atoms with Gasteiger partial charge in [-0.05, 0) is 43.2 Å². The van der Waals surface area contributed by atoms with Gasteiger partial charge in [0, 0.05) is 30.9 Å². The topological polar surface area (TPSA) is 77.6 Å². The predicted octanol–water partition coefficient (Wildman–Crippen LogP) is 2.75. The number of halogens is 1. The first kappa shape index (κ1) is 20.1. The summed E-state index contributed by atoms with van der Waals surface area (Å²) in [5.74, 6) is 0. The van der Waals surface area contributed by atoms with Crippen molar-refractivity contribution in [3.05, 3.63) is 69.5 Å². The molecule has 0 spiro atoms. The van der Waals surface area contributed by atoms with Crippen LogP contribution in [0.15, 0.2) is 47.7 Å². The van der Waals surface area contributed by atoms with E-state index in [-0.39, 0.29) is 17.9 Å². The van der Waals surface area contributed by atoms with E-state index in [1.54, 1.807) is 4.57 Å². The molecule has 0 unspecified atom stereocenters. The van der Waals surface area contributed by atoms with Gasteiger partial charge in [-0.25, -0.2) is 14.8 Å². The summed E-state index contributed by atoms with van der Waals surface area (Å²) in [6, 6.07) is 9.50. The van der Waals surface area contributed by atoms with Crippen molar-refractivity contribution in [2.45, 2.75) is 39.1 Å². The number of ether oxygens (including phenoxy) is 1. The molecule has 0 amide bonds. The molecule has 4 aromatic rings. The summed E-state index contributed by atoms with van der Waals surface area (Å²) in [7, 11) is 0. The quantitative estimate of drug-likeness (QED) is 0.487. The summed E-state index contributed by atoms with van der Waals surface area (Å²) in [5.41, 5.74) is 2.86. The van der Waals surface area contributed by atoms with Crippen molar-refractivity contribution in [1.82, 2.24) is 29.0 Å². The first-order chi connectivity index (χ1) is 15.0. The summed E-state index contributed by atoms with van der Waals surface area (Å²) in [4.78, 5) is 24.5. The smallest absolute Gasteiger partial charge is 0.352 e. The lowest BCUT2D eigenvalue weighted by molar-refractivity contribution is -0.0705. The maximum atomic E-state index is 13.1. The highest BCUT2D eigenvalue weighted by atomic mass is 35.5. The predicted molar refractivity (Wildman–Crippen MR) is 118 cm³/mol. The molecule has 1 saturated heterocycles. The van der Waals surface area contributed by atoms with E-state index >= 15 is 0 Å². The van der Waals surface area contributed by atoms with Crippen LogP contribution < -0.4 is 5.69 Å². The van der Waals surface area contributed by atoms with Crippen LogP contribution in [0.5, 0.6) is 0 Å². The zero-order valence-corrected chi connectivity index (χ0v) is 18.2. The molecule has 1 aliphatic rings. The maximum Gasteiger partial charge on any atom is 0.352 e. The molecule has 160 valence electrons. The number of morpholine rings is 1. The zero-order chi connectivity index (χ0) is 21.5. The number of pyridine rings is 1. The molecule has 0 N–H and O–H groups in total. The van der Waals surface area contributed by atoms with Gasteiger partial charge in [0.1, 0.15) is 12.0 Å². The molecule has 5 rings (SSSR count). The van der Waals surface area contributed by atoms with Gasteiger partial charge >= 0.3 is 5.69 Å². The molecule has 2 atom stereocenters. The molecule has 3 aromatic heterocycles. The highest BCUT2D eigenvalue weighted by Crippen LogP contribution is 2.20. The first-order valence-electron chi connectivity index (χ1n) is 10.3. The van der Waals surface area contributed by atoms with Crippen LogP contribution in [0, 0.1) is 0 Å². The lowest BCUT2D eigenvalue weighted by Crippen LogP contribution is -2.44. The SMILES string of the molecule is C[C@@H]1CN(Cc2cnc3c(c2)c2ncnn2c(=O)n3Cc2ccc(Cl)cc2)C[C@H](C)O1. The van der Waals surface area contributed by atoms with Crippen molar-refractivity contribution in [3.8, 4) is 0 Å². The molecular formula is C22H23ClN6O2. The van der Waals surface area contributed by atoms with Gasteiger partial charge < -0.3 is 4.74 Å². The van der Waals surface area contributed by atoms with E-state index in [0.29, 0.717) is 22.9 Å². The van der Waals surface area contributed by atoms with Gasteiger partial charge in [-0.15, -0.1) is 0 Å². The lowest BCUT2D eigenvalue weighted by Gasteiger charge is -2.35. The fourth-order valence-corrected chi connectivity index (χ4v) is 4.45. The number of nitrogens with zero attached hydrogens (tertiary/aromatic N) is 6. The van der Waals surface area contributed by atoms with Gasteiger partial charge in [0.15, 0.2) is 5.65 Å². The molecule has 0 bridgehead atoms. The Balaban J connectivity index is 1.57. The average Bonchev–Trinajstić information content (AvgIpc) is 3.22. The van der Waals surface area contributed by atoms with Crippen molar-refractivity contribution in [2.24, 2.45) is 0 Å². The minimum absolute atomic E-state index is 0.199. The van der Waals surface area contributed by atoms with E-state index in [2.05, 4.69) is 39.9 Å². The van der Waals surface area contributed by atoms with Crippen LogP contribution in [-0.2, 0) is 17.8 Å². The van der Waals surface area contributed by atoms with E-state index in [9.17, 15) is 4.79 Å². The monoisotopic (exact) mass is 438 g/mol. The summed E-state index contributed by atoms with van der Waals surface area (Å²) in [6.45, 7) is 7.06. The number of fused-ring (bicyclic) bond motifs is 3. The molecule has 4 heterocycles. The van der Waals surface area contributed by atoms with E-state index in [1.165, 1.54) is 10.8 Å². The Morgan fingerprint density at radius 1 is 1.03 bits per heavy atom. The van der Waals surface area contributed by atoms with Crippen LogP contribution in [-0.4, -0.2) is 54.3 Å². The molecule has 1 fully saturated rings. The Morgan fingerprint density at radius 3 is 2.52 bits per heavy atom. The minimum Gasteiger partial charge on any atom is -0.373 e. The molecule has 31 heavy (non-hydrogen) atoms. The largest absolute Gasteiger partial charge is 0.373 e. The van der Waals surface area contributed by atoms with Crippen molar-refractivity contribution in [3.63, 3.8) is 0 Å². The summed E-state index contributed by atoms with van der Waals surface area (Å²) >= 11 is 6.00. The minimum atomic E-state index is -0.272. The molecule has 1 aliphatic heterocycles. The van der Waals surface area contributed by atoms with Crippen LogP contribution in [0.4, 0.5) is 0 Å². The van der Waals surface area contributed by atoms with Crippen molar-refractivity contribution >= 4 is 28.3 Å². The Bertz CT molecular complexity index is 1290. The molecule has 8 nitrogen and oxygen atoms in total. The molecule has 0 radical (unpaired) electrons. The Labute approximate surface area is 184 Å². The molecule has 0 aliphatic carbocycles. The molecule has 1 aromatic carbocycles. The second-order valence-corrected chi connectivity index (χ2v) is 8.59. The number of hydrogen-bond acceptors (Lipinski definition) is 6. The Kier molecular flexibility index (Phi) is 5.21. The van der Waals surface area contributed by atoms with Crippen LogP contribution in [0.25, 0.3) is 16.7 Å². The standard InChI is InChI=1S/C22H23ClN6O2/c1-14-9-27(10-15(2)31-14)11-17-7-19-20(24-8-17)28(12-16-3-5-18(23)6-4-16)22(30)29-21(19)25-13-26-29/h3-8,13-15H,9-12H2,1-2H3/t14-,15+. The fraction of sp³-hybridized carbons (Fsp3) is 0.364. The normalized spacial score (nSPS) is 20.0. The summed E-state index contributed by atoms with van der Waals surface area (Å²) in [6.07, 6.45) is 3.65. The second-order valence-electron chi connectivity index (χ2n) is 8.16. The van der Waals surface area contributed by atoms with Gasteiger partial charge in [0.25, 0.3) is 0 Å². The van der Waals surface area contributed by atoms with Crippen molar-refractivity contribution in [2.75, 3.05) is 13.1 Å². The molecule has 0 saturated carbocycles. The van der Waals surface area contributed by atoms with Crippen LogP contribution in [0.2, 0.25) is 5.02 Å². The van der Waals surface area contributed by atoms with Crippen molar-refractivity contribution < 1.29 is 4.74 Å². The van der Waals surface area contributed by atoms with Crippen LogP contribution in [0.3, 0.4) is 0 Å². The molecule has 9 heteroatoms. The van der Waals surface area contributed by atoms with Gasteiger partial charge in [0.05, 0.1) is 24.1 Å². The van der Waals surface area contributed by atoms with Gasteiger partial charge in [0.2, 0.25) is 0 Å². The van der Waals surface area contributed by atoms with Gasteiger partial charge in [-0.3, -0.25) is 9.47 Å². The zero-order valence-electron chi connectivity index (χ0n) is 17.4. The number of hydrogen-bond donors (Lipinski definition) is 0. The number of aromatic nitrogens is 5. The van der Waals surface area contributed by atoms with E-state index in [0.717, 1.165) is 36.1 Å². The number of benzene rings is 1. The van der Waals surface area contributed by atoms with Crippen LogP contribution in [0.1, 0.15) is 25.0 Å². The second kappa shape index (κ2) is 8.03. The fourth-order valence-electron chi connectivity index (χ4n) is 4.32. The highest BCUT2D eigenvalue weighted by molar-refractivity contribution is 6.30. The maximum absolute atomic E-state index is 13.1. The van der Waals surface area contributed by atoms with E-state index in [4.69, 9.17) is 16.3 Å². The molecular weight excluding hydrogens is 416 g/mol. The van der Waals surface area contributed by atoms with Gasteiger partial charge in [-0.2, -0.15) is 9.61 Å². The summed E-state index contributed by atoms with van der Waals surface area (Å²) in [5, 5.41) is 5.60. The Hall–Kier alpha value is -2.81. The van der Waals surface area contributed by atoms with E-state index in [1.807, 2.05) is 30.5 Å².